The molecule has 6 rings (SSSR count). The number of rotatable bonds is 10. The molecule has 0 spiro atoms. The van der Waals surface area contributed by atoms with E-state index in [1.165, 1.54) is 6.07 Å². The Morgan fingerprint density at radius 1 is 0.891 bits per heavy atom. The molecule has 2 N–H and O–H groups in total. The first-order valence-corrected chi connectivity index (χ1v) is 15.2. The second kappa shape index (κ2) is 13.8. The number of carbonyl (C=O) groups excluding carboxylic acids is 1. The summed E-state index contributed by atoms with van der Waals surface area (Å²) in [5.41, 5.74) is 2.22. The van der Waals surface area contributed by atoms with Crippen molar-refractivity contribution in [1.82, 2.24) is 4.90 Å². The Labute approximate surface area is 266 Å². The van der Waals surface area contributed by atoms with Crippen LogP contribution in [0, 0.1) is 0 Å². The number of morpholine rings is 1. The number of hydrogen-bond acceptors (Lipinski definition) is 8. The summed E-state index contributed by atoms with van der Waals surface area (Å²) >= 11 is 0. The zero-order valence-electron chi connectivity index (χ0n) is 25.5. The summed E-state index contributed by atoms with van der Waals surface area (Å²) in [5, 5.41) is 22.1. The van der Waals surface area contributed by atoms with Crippen molar-refractivity contribution < 1.29 is 33.6 Å². The summed E-state index contributed by atoms with van der Waals surface area (Å²) in [6.45, 7) is 2.20. The Balaban J connectivity index is 1.40. The number of amides is 1. The Kier molecular flexibility index (Phi) is 9.21. The number of methoxy groups -OCH3 is 1. The van der Waals surface area contributed by atoms with E-state index in [1.807, 2.05) is 66.7 Å². The van der Waals surface area contributed by atoms with Crippen LogP contribution in [0.3, 0.4) is 0 Å². The van der Waals surface area contributed by atoms with E-state index in [0.717, 1.165) is 17.4 Å². The highest BCUT2D eigenvalue weighted by molar-refractivity contribution is 5.91. The fourth-order valence-electron chi connectivity index (χ4n) is 5.81. The number of benzene rings is 4. The summed E-state index contributed by atoms with van der Waals surface area (Å²) in [5.74, 6) is 0.0790. The zero-order valence-corrected chi connectivity index (χ0v) is 25.5. The molecule has 1 atom stereocenters. The molecular weight excluding hydrogens is 586 g/mol. The Morgan fingerprint density at radius 3 is 2.39 bits per heavy atom. The van der Waals surface area contributed by atoms with Crippen LogP contribution in [0.25, 0.3) is 22.3 Å². The molecule has 0 bridgehead atoms. The topological polar surface area (TPSA) is 119 Å². The average Bonchev–Trinajstić information content (AvgIpc) is 3.08. The van der Waals surface area contributed by atoms with Crippen LogP contribution in [0.15, 0.2) is 100 Å². The van der Waals surface area contributed by atoms with Gasteiger partial charge in [-0.05, 0) is 35.4 Å². The minimum absolute atomic E-state index is 0.0226. The smallest absolute Gasteiger partial charge is 0.223 e. The summed E-state index contributed by atoms with van der Waals surface area (Å²) in [6.07, 6.45) is 0.645. The lowest BCUT2D eigenvalue weighted by Crippen LogP contribution is -2.41. The SMILES string of the molecule is COc1ccc(CCOc2cccc([C@H](CC(=O)N3CCOCC3)c3c(O)cc(O)c4c(=O)cc(-c5ccccc5)oc34)c2)cc1. The van der Waals surface area contributed by atoms with Gasteiger partial charge in [0.1, 0.15) is 39.7 Å². The predicted octanol–water partition coefficient (Wildman–Crippen LogP) is 5.88. The summed E-state index contributed by atoms with van der Waals surface area (Å²) in [6, 6.07) is 26.7. The van der Waals surface area contributed by atoms with Crippen LogP contribution in [-0.4, -0.2) is 61.0 Å². The van der Waals surface area contributed by atoms with E-state index in [1.54, 1.807) is 24.1 Å². The number of fused-ring (bicyclic) bond motifs is 1. The molecule has 46 heavy (non-hydrogen) atoms. The molecule has 1 saturated heterocycles. The van der Waals surface area contributed by atoms with Gasteiger partial charge in [-0.2, -0.15) is 0 Å². The molecule has 1 fully saturated rings. The first-order chi connectivity index (χ1) is 22.4. The number of hydrogen-bond donors (Lipinski definition) is 2. The van der Waals surface area contributed by atoms with Crippen LogP contribution >= 0.6 is 0 Å². The summed E-state index contributed by atoms with van der Waals surface area (Å²) in [4.78, 5) is 28.8. The molecule has 9 nitrogen and oxygen atoms in total. The van der Waals surface area contributed by atoms with Crippen molar-refractivity contribution in [3.05, 3.63) is 118 Å². The average molecular weight is 622 g/mol. The van der Waals surface area contributed by atoms with E-state index in [0.29, 0.717) is 56.2 Å². The van der Waals surface area contributed by atoms with E-state index < -0.39 is 17.1 Å². The van der Waals surface area contributed by atoms with Gasteiger partial charge in [-0.25, -0.2) is 0 Å². The maximum Gasteiger partial charge on any atom is 0.223 e. The Hall–Kier alpha value is -5.28. The van der Waals surface area contributed by atoms with Crippen LogP contribution in [0.5, 0.6) is 23.0 Å². The predicted molar refractivity (Wildman–Crippen MR) is 174 cm³/mol. The highest BCUT2D eigenvalue weighted by atomic mass is 16.5. The standard InChI is InChI=1S/C37H35NO8/c1-43-27-12-10-24(11-13-27)14-17-45-28-9-5-8-26(20-28)29(21-34(42)38-15-18-44-19-16-38)35-30(39)22-31(40)36-32(41)23-33(46-37(35)36)25-6-3-2-4-7-25/h2-13,20,22-23,29,39-40H,14-19,21H2,1H3/t29-/m0/s1. The molecule has 1 aliphatic heterocycles. The Morgan fingerprint density at radius 2 is 1.65 bits per heavy atom. The first kappa shape index (κ1) is 30.7. The molecule has 1 aromatic heterocycles. The number of phenolic OH excluding ortho intramolecular Hbond substituents is 2. The maximum absolute atomic E-state index is 13.7. The largest absolute Gasteiger partial charge is 0.507 e. The van der Waals surface area contributed by atoms with E-state index in [4.69, 9.17) is 18.6 Å². The Bertz CT molecular complexity index is 1880. The third-order valence-electron chi connectivity index (χ3n) is 8.23. The number of nitrogens with zero attached hydrogens (tertiary/aromatic N) is 1. The third kappa shape index (κ3) is 6.69. The molecular formula is C37H35NO8. The lowest BCUT2D eigenvalue weighted by atomic mass is 9.85. The van der Waals surface area contributed by atoms with Crippen LogP contribution in [0.2, 0.25) is 0 Å². The number of aromatic hydroxyl groups is 2. The van der Waals surface area contributed by atoms with Gasteiger partial charge in [-0.3, -0.25) is 9.59 Å². The molecule has 0 radical (unpaired) electrons. The molecule has 5 aromatic rings. The van der Waals surface area contributed by atoms with Crippen molar-refractivity contribution in [2.24, 2.45) is 0 Å². The minimum atomic E-state index is -0.738. The molecule has 236 valence electrons. The van der Waals surface area contributed by atoms with E-state index in [-0.39, 0.29) is 40.4 Å². The fourth-order valence-corrected chi connectivity index (χ4v) is 5.81. The van der Waals surface area contributed by atoms with Crippen molar-refractivity contribution >= 4 is 16.9 Å². The second-order valence-corrected chi connectivity index (χ2v) is 11.1. The van der Waals surface area contributed by atoms with Gasteiger partial charge in [0, 0.05) is 55.1 Å². The van der Waals surface area contributed by atoms with Crippen molar-refractivity contribution in [1.29, 1.82) is 0 Å². The molecule has 0 saturated carbocycles. The molecule has 9 heteroatoms. The van der Waals surface area contributed by atoms with Crippen LogP contribution < -0.4 is 14.9 Å². The van der Waals surface area contributed by atoms with Gasteiger partial charge in [0.2, 0.25) is 5.91 Å². The second-order valence-electron chi connectivity index (χ2n) is 11.1. The van der Waals surface area contributed by atoms with Gasteiger partial charge in [0.05, 0.1) is 26.9 Å². The normalized spacial score (nSPS) is 13.8. The summed E-state index contributed by atoms with van der Waals surface area (Å²) < 4.78 is 23.1. The fraction of sp³-hybridized carbons (Fsp3) is 0.243. The molecule has 2 heterocycles. The highest BCUT2D eigenvalue weighted by Crippen LogP contribution is 2.43. The van der Waals surface area contributed by atoms with Crippen molar-refractivity contribution in [3.63, 3.8) is 0 Å². The molecule has 1 amide bonds. The first-order valence-electron chi connectivity index (χ1n) is 15.2. The van der Waals surface area contributed by atoms with Crippen molar-refractivity contribution in [3.8, 4) is 34.3 Å². The lowest BCUT2D eigenvalue weighted by molar-refractivity contribution is -0.135. The van der Waals surface area contributed by atoms with Gasteiger partial charge < -0.3 is 33.7 Å². The van der Waals surface area contributed by atoms with Crippen LogP contribution in [0.1, 0.15) is 29.0 Å². The highest BCUT2D eigenvalue weighted by Gasteiger charge is 2.30. The zero-order chi connectivity index (χ0) is 32.0. The van der Waals surface area contributed by atoms with Crippen molar-refractivity contribution in [2.45, 2.75) is 18.8 Å². The van der Waals surface area contributed by atoms with Gasteiger partial charge in [0.25, 0.3) is 0 Å². The van der Waals surface area contributed by atoms with Crippen LogP contribution in [-0.2, 0) is 16.0 Å². The molecule has 4 aromatic carbocycles. The van der Waals surface area contributed by atoms with Gasteiger partial charge in [0.15, 0.2) is 5.43 Å². The van der Waals surface area contributed by atoms with Gasteiger partial charge in [-0.1, -0.05) is 54.6 Å². The minimum Gasteiger partial charge on any atom is -0.507 e. The van der Waals surface area contributed by atoms with E-state index in [9.17, 15) is 19.8 Å². The maximum atomic E-state index is 13.7. The molecule has 1 aliphatic rings. The lowest BCUT2D eigenvalue weighted by Gasteiger charge is -2.29. The van der Waals surface area contributed by atoms with Gasteiger partial charge in [-0.15, -0.1) is 0 Å². The number of phenols is 2. The number of ether oxygens (including phenoxy) is 3. The number of carbonyl (C=O) groups is 1. The van der Waals surface area contributed by atoms with E-state index in [2.05, 4.69) is 0 Å². The van der Waals surface area contributed by atoms with Crippen molar-refractivity contribution in [2.75, 3.05) is 40.0 Å². The molecule has 0 unspecified atom stereocenters. The molecule has 0 aliphatic carbocycles. The van der Waals surface area contributed by atoms with Crippen LogP contribution in [0.4, 0.5) is 0 Å². The quantitative estimate of drug-likeness (QED) is 0.199. The van der Waals surface area contributed by atoms with E-state index >= 15 is 0 Å². The summed E-state index contributed by atoms with van der Waals surface area (Å²) in [7, 11) is 1.63. The van der Waals surface area contributed by atoms with Gasteiger partial charge >= 0.3 is 0 Å². The third-order valence-corrected chi connectivity index (χ3v) is 8.23. The monoisotopic (exact) mass is 621 g/mol.